The second kappa shape index (κ2) is 9.44. The molecule has 0 radical (unpaired) electrons. The fourth-order valence-corrected chi connectivity index (χ4v) is 5.27. The van der Waals surface area contributed by atoms with Gasteiger partial charge >= 0.3 is 0 Å². The van der Waals surface area contributed by atoms with E-state index in [9.17, 15) is 9.59 Å². The molecule has 8 heteroatoms. The molecule has 1 unspecified atom stereocenters. The fourth-order valence-electron chi connectivity index (χ4n) is 5.27. The molecule has 1 aliphatic carbocycles. The van der Waals surface area contributed by atoms with Crippen LogP contribution < -0.4 is 10.6 Å². The summed E-state index contributed by atoms with van der Waals surface area (Å²) in [6.07, 6.45) is 8.18. The summed E-state index contributed by atoms with van der Waals surface area (Å²) >= 11 is 0. The molecule has 1 aromatic carbocycles. The van der Waals surface area contributed by atoms with Gasteiger partial charge in [0, 0.05) is 38.8 Å². The van der Waals surface area contributed by atoms with Crippen LogP contribution in [0.2, 0.25) is 0 Å². The smallest absolute Gasteiger partial charge is 0.255 e. The minimum atomic E-state index is -0.121. The van der Waals surface area contributed by atoms with Crippen LogP contribution in [0.25, 0.3) is 11.0 Å². The third-order valence-electron chi connectivity index (χ3n) is 7.17. The van der Waals surface area contributed by atoms with Gasteiger partial charge in [0.25, 0.3) is 5.91 Å². The van der Waals surface area contributed by atoms with Crippen molar-refractivity contribution in [1.82, 2.24) is 25.0 Å². The number of pyridine rings is 1. The minimum absolute atomic E-state index is 0.00170. The van der Waals surface area contributed by atoms with E-state index in [2.05, 4.69) is 38.9 Å². The average Bonchev–Trinajstić information content (AvgIpc) is 3.28. The van der Waals surface area contributed by atoms with Gasteiger partial charge in [-0.1, -0.05) is 24.3 Å². The number of carbonyl (C=O) groups excluding carboxylic acids is 2. The first-order chi connectivity index (χ1) is 16.5. The summed E-state index contributed by atoms with van der Waals surface area (Å²) < 4.78 is 1.85. The first-order valence-corrected chi connectivity index (χ1v) is 12.3. The Morgan fingerprint density at radius 1 is 1.12 bits per heavy atom. The normalized spacial score (nSPS) is 18.5. The topological polar surface area (TPSA) is 92.2 Å². The number of anilines is 1. The van der Waals surface area contributed by atoms with E-state index in [-0.39, 0.29) is 23.9 Å². The number of nitrogens with one attached hydrogen (secondary N) is 2. The van der Waals surface area contributed by atoms with Crippen molar-refractivity contribution in [1.29, 1.82) is 0 Å². The van der Waals surface area contributed by atoms with E-state index < -0.39 is 0 Å². The largest absolute Gasteiger partial charge is 0.381 e. The minimum Gasteiger partial charge on any atom is -0.381 e. The molecule has 1 atom stereocenters. The Labute approximate surface area is 199 Å². The average molecular weight is 461 g/mol. The summed E-state index contributed by atoms with van der Waals surface area (Å²) in [5, 5.41) is 12.2. The Hall–Kier alpha value is -3.42. The molecule has 0 spiro atoms. The van der Waals surface area contributed by atoms with Gasteiger partial charge in [-0.2, -0.15) is 5.10 Å². The second-order valence-corrected chi connectivity index (χ2v) is 9.29. The van der Waals surface area contributed by atoms with Crippen molar-refractivity contribution in [3.8, 4) is 0 Å². The molecule has 3 heterocycles. The van der Waals surface area contributed by atoms with Crippen LogP contribution in [0, 0.1) is 0 Å². The van der Waals surface area contributed by atoms with E-state index in [1.807, 2.05) is 22.6 Å². The molecule has 1 fully saturated rings. The molecule has 0 saturated carbocycles. The first-order valence-electron chi connectivity index (χ1n) is 12.3. The van der Waals surface area contributed by atoms with Crippen molar-refractivity contribution in [2.24, 2.45) is 0 Å². The van der Waals surface area contributed by atoms with E-state index in [0.29, 0.717) is 12.1 Å². The number of rotatable bonds is 5. The summed E-state index contributed by atoms with van der Waals surface area (Å²) in [5.74, 6) is -0.00849. The zero-order valence-electron chi connectivity index (χ0n) is 19.9. The Bertz CT molecular complexity index is 1210. The Kier molecular flexibility index (Phi) is 6.22. The molecule has 3 aromatic rings. The summed E-state index contributed by atoms with van der Waals surface area (Å²) in [4.78, 5) is 31.8. The highest BCUT2D eigenvalue weighted by molar-refractivity contribution is 6.06. The fraction of sp³-hybridized carbons (Fsp3) is 0.462. The van der Waals surface area contributed by atoms with Crippen LogP contribution in [0.5, 0.6) is 0 Å². The maximum atomic E-state index is 13.6. The summed E-state index contributed by atoms with van der Waals surface area (Å²) in [6, 6.07) is 8.54. The number of hydrogen-bond donors (Lipinski definition) is 2. The van der Waals surface area contributed by atoms with Crippen LogP contribution in [0.4, 0.5) is 5.69 Å². The van der Waals surface area contributed by atoms with Crippen molar-refractivity contribution >= 4 is 28.5 Å². The van der Waals surface area contributed by atoms with Crippen molar-refractivity contribution in [2.75, 3.05) is 18.4 Å². The molecule has 2 aliphatic rings. The van der Waals surface area contributed by atoms with Crippen LogP contribution in [0.1, 0.15) is 67.1 Å². The summed E-state index contributed by atoms with van der Waals surface area (Å²) in [5.41, 5.74) is 4.62. The van der Waals surface area contributed by atoms with E-state index in [1.54, 1.807) is 19.3 Å². The number of amides is 2. The maximum Gasteiger partial charge on any atom is 0.255 e. The number of nitrogens with zero attached hydrogens (tertiary/aromatic N) is 4. The molecule has 1 saturated heterocycles. The van der Waals surface area contributed by atoms with Crippen molar-refractivity contribution in [3.63, 3.8) is 0 Å². The van der Waals surface area contributed by atoms with Crippen LogP contribution in [0.3, 0.4) is 0 Å². The van der Waals surface area contributed by atoms with Crippen LogP contribution in [0.15, 0.2) is 36.7 Å². The third-order valence-corrected chi connectivity index (χ3v) is 7.17. The second-order valence-electron chi connectivity index (χ2n) is 9.29. The van der Waals surface area contributed by atoms with Crippen molar-refractivity contribution in [2.45, 2.75) is 64.6 Å². The van der Waals surface area contributed by atoms with Gasteiger partial charge in [0.2, 0.25) is 5.91 Å². The van der Waals surface area contributed by atoms with Crippen LogP contribution in [-0.4, -0.2) is 50.6 Å². The molecule has 1 aliphatic heterocycles. The van der Waals surface area contributed by atoms with Gasteiger partial charge in [-0.25, -0.2) is 9.67 Å². The van der Waals surface area contributed by atoms with Gasteiger partial charge < -0.3 is 15.5 Å². The van der Waals surface area contributed by atoms with E-state index >= 15 is 0 Å². The Morgan fingerprint density at radius 2 is 1.91 bits per heavy atom. The van der Waals surface area contributed by atoms with E-state index in [1.165, 1.54) is 11.1 Å². The first kappa shape index (κ1) is 22.4. The van der Waals surface area contributed by atoms with Crippen molar-refractivity contribution in [3.05, 3.63) is 53.3 Å². The number of piperidine rings is 1. The predicted molar refractivity (Wildman–Crippen MR) is 132 cm³/mol. The number of benzene rings is 1. The molecule has 5 rings (SSSR count). The van der Waals surface area contributed by atoms with Gasteiger partial charge in [0.05, 0.1) is 28.9 Å². The highest BCUT2D eigenvalue weighted by Crippen LogP contribution is 2.32. The highest BCUT2D eigenvalue weighted by atomic mass is 16.2. The summed E-state index contributed by atoms with van der Waals surface area (Å²) in [6.45, 7) is 5.79. The standard InChI is InChI=1S/C26H32N6O2/c1-3-32-25-21(16-28-32)24(29-19-11-13-31(14-12-19)17(2)33)22(15-27-25)26(34)30-23-10-6-8-18-7-4-5-9-20(18)23/h4-5,7,9,15-16,19,23H,3,6,8,10-14H2,1-2H3,(H,27,29)(H,30,34). The van der Waals surface area contributed by atoms with Gasteiger partial charge in [0.15, 0.2) is 5.65 Å². The Balaban J connectivity index is 1.44. The van der Waals surface area contributed by atoms with Crippen LogP contribution >= 0.6 is 0 Å². The molecule has 0 bridgehead atoms. The van der Waals surface area contributed by atoms with E-state index in [0.717, 1.165) is 61.9 Å². The lowest BCUT2D eigenvalue weighted by molar-refractivity contribution is -0.129. The number of fused-ring (bicyclic) bond motifs is 2. The van der Waals surface area contributed by atoms with Crippen molar-refractivity contribution < 1.29 is 9.59 Å². The monoisotopic (exact) mass is 460 g/mol. The number of likely N-dealkylation sites (tertiary alicyclic amines) is 1. The predicted octanol–water partition coefficient (Wildman–Crippen LogP) is 3.68. The highest BCUT2D eigenvalue weighted by Gasteiger charge is 2.27. The molecule has 2 amide bonds. The zero-order valence-corrected chi connectivity index (χ0v) is 19.9. The van der Waals surface area contributed by atoms with E-state index in [4.69, 9.17) is 0 Å². The molecular formula is C26H32N6O2. The zero-order chi connectivity index (χ0) is 23.7. The maximum absolute atomic E-state index is 13.6. The molecule has 178 valence electrons. The van der Waals surface area contributed by atoms with Gasteiger partial charge in [-0.05, 0) is 50.2 Å². The van der Waals surface area contributed by atoms with Gasteiger partial charge in [-0.3, -0.25) is 9.59 Å². The molecule has 2 aromatic heterocycles. The SMILES string of the molecule is CCn1ncc2c(NC3CCN(C(C)=O)CC3)c(C(=O)NC3CCCc4ccccc43)cnc21. The molecular weight excluding hydrogens is 428 g/mol. The summed E-state index contributed by atoms with van der Waals surface area (Å²) in [7, 11) is 0. The molecule has 8 nitrogen and oxygen atoms in total. The number of aryl methyl sites for hydroxylation is 2. The van der Waals surface area contributed by atoms with Gasteiger partial charge in [0.1, 0.15) is 0 Å². The lowest BCUT2D eigenvalue weighted by atomic mass is 9.87. The third kappa shape index (κ3) is 4.24. The number of carbonyl (C=O) groups is 2. The van der Waals surface area contributed by atoms with Gasteiger partial charge in [-0.15, -0.1) is 0 Å². The molecule has 34 heavy (non-hydrogen) atoms. The number of aromatic nitrogens is 3. The number of hydrogen-bond acceptors (Lipinski definition) is 5. The quantitative estimate of drug-likeness (QED) is 0.606. The molecule has 2 N–H and O–H groups in total. The Morgan fingerprint density at radius 3 is 2.68 bits per heavy atom. The van der Waals surface area contributed by atoms with Crippen LogP contribution in [-0.2, 0) is 17.8 Å². The lowest BCUT2D eigenvalue weighted by Gasteiger charge is -2.33. The lowest BCUT2D eigenvalue weighted by Crippen LogP contribution is -2.41.